The second-order valence-corrected chi connectivity index (χ2v) is 5.70. The molecule has 1 aromatic carbocycles. The first kappa shape index (κ1) is 14.4. The first-order chi connectivity index (χ1) is 9.08. The van der Waals surface area contributed by atoms with Crippen LogP contribution in [0.3, 0.4) is 0 Å². The van der Waals surface area contributed by atoms with Gasteiger partial charge in [-0.15, -0.1) is 0 Å². The Bertz CT molecular complexity index is 453. The Labute approximate surface area is 119 Å². The lowest BCUT2D eigenvalue weighted by molar-refractivity contribution is 0.0910. The molecule has 0 saturated heterocycles. The number of halogens is 1. The number of hydrogen-bond donors (Lipinski definition) is 2. The predicted octanol–water partition coefficient (Wildman–Crippen LogP) is 2.93. The first-order valence-electron chi connectivity index (χ1n) is 6.79. The second-order valence-electron chi connectivity index (χ2n) is 5.30. The Balaban J connectivity index is 1.89. The lowest BCUT2D eigenvalue weighted by Crippen LogP contribution is -2.32. The summed E-state index contributed by atoms with van der Waals surface area (Å²) in [4.78, 5) is 12.1. The fourth-order valence-electron chi connectivity index (χ4n) is 2.53. The number of amides is 1. The molecule has 3 nitrogen and oxygen atoms in total. The standard InChI is InChI=1S/C15H20ClNO2/c1-10-13(3-2-4-14(10)16)15(19)17-9-11-5-7-12(18)8-6-11/h2-4,11-12,18H,5-9H2,1H3,(H,17,19). The van der Waals surface area contributed by atoms with Gasteiger partial charge in [0.2, 0.25) is 0 Å². The third-order valence-electron chi connectivity index (χ3n) is 3.88. The summed E-state index contributed by atoms with van der Waals surface area (Å²) in [6.45, 7) is 2.53. The molecule has 4 heteroatoms. The smallest absolute Gasteiger partial charge is 0.251 e. The van der Waals surface area contributed by atoms with Crippen LogP contribution in [0.15, 0.2) is 18.2 Å². The van der Waals surface area contributed by atoms with Crippen LogP contribution in [-0.4, -0.2) is 23.7 Å². The molecule has 1 aliphatic carbocycles. The van der Waals surface area contributed by atoms with E-state index in [9.17, 15) is 9.90 Å². The van der Waals surface area contributed by atoms with Gasteiger partial charge in [-0.2, -0.15) is 0 Å². The van der Waals surface area contributed by atoms with Gasteiger partial charge in [-0.05, 0) is 56.2 Å². The van der Waals surface area contributed by atoms with Gasteiger partial charge in [0.15, 0.2) is 0 Å². The van der Waals surface area contributed by atoms with Crippen molar-refractivity contribution in [2.24, 2.45) is 5.92 Å². The van der Waals surface area contributed by atoms with Gasteiger partial charge in [0.05, 0.1) is 6.10 Å². The molecule has 1 aliphatic rings. The maximum atomic E-state index is 12.1. The summed E-state index contributed by atoms with van der Waals surface area (Å²) in [5.74, 6) is 0.415. The van der Waals surface area contributed by atoms with Crippen LogP contribution in [0.25, 0.3) is 0 Å². The molecule has 1 amide bonds. The van der Waals surface area contributed by atoms with Crippen LogP contribution in [0.2, 0.25) is 5.02 Å². The number of carbonyl (C=O) groups is 1. The number of hydrogen-bond acceptors (Lipinski definition) is 2. The maximum Gasteiger partial charge on any atom is 0.251 e. The van der Waals surface area contributed by atoms with Gasteiger partial charge in [0.1, 0.15) is 0 Å². The van der Waals surface area contributed by atoms with Crippen LogP contribution in [0.1, 0.15) is 41.6 Å². The summed E-state index contributed by atoms with van der Waals surface area (Å²) in [5.41, 5.74) is 1.46. The van der Waals surface area contributed by atoms with E-state index in [1.165, 1.54) is 0 Å². The second kappa shape index (κ2) is 6.40. The molecule has 0 atom stereocenters. The van der Waals surface area contributed by atoms with Crippen molar-refractivity contribution in [3.63, 3.8) is 0 Å². The van der Waals surface area contributed by atoms with E-state index < -0.39 is 0 Å². The zero-order chi connectivity index (χ0) is 13.8. The van der Waals surface area contributed by atoms with Crippen LogP contribution in [0, 0.1) is 12.8 Å². The molecule has 0 aromatic heterocycles. The molecule has 19 heavy (non-hydrogen) atoms. The summed E-state index contributed by atoms with van der Waals surface area (Å²) in [5, 5.41) is 13.0. The fraction of sp³-hybridized carbons (Fsp3) is 0.533. The molecule has 0 aliphatic heterocycles. The largest absolute Gasteiger partial charge is 0.393 e. The number of rotatable bonds is 3. The lowest BCUT2D eigenvalue weighted by atomic mass is 9.87. The highest BCUT2D eigenvalue weighted by molar-refractivity contribution is 6.31. The van der Waals surface area contributed by atoms with E-state index in [1.54, 1.807) is 18.2 Å². The summed E-state index contributed by atoms with van der Waals surface area (Å²) in [6, 6.07) is 5.37. The minimum Gasteiger partial charge on any atom is -0.393 e. The van der Waals surface area contributed by atoms with Gasteiger partial charge < -0.3 is 10.4 Å². The van der Waals surface area contributed by atoms with E-state index in [2.05, 4.69) is 5.32 Å². The molecule has 0 bridgehead atoms. The summed E-state index contributed by atoms with van der Waals surface area (Å²) in [6.07, 6.45) is 3.50. The first-order valence-corrected chi connectivity index (χ1v) is 7.17. The fourth-order valence-corrected chi connectivity index (χ4v) is 2.71. The van der Waals surface area contributed by atoms with Crippen molar-refractivity contribution in [3.05, 3.63) is 34.3 Å². The van der Waals surface area contributed by atoms with Crippen LogP contribution in [0.4, 0.5) is 0 Å². The number of carbonyl (C=O) groups excluding carboxylic acids is 1. The van der Waals surface area contributed by atoms with Gasteiger partial charge in [-0.25, -0.2) is 0 Å². The molecule has 0 radical (unpaired) electrons. The van der Waals surface area contributed by atoms with Crippen molar-refractivity contribution >= 4 is 17.5 Å². The van der Waals surface area contributed by atoms with Crippen molar-refractivity contribution in [3.8, 4) is 0 Å². The Hall–Kier alpha value is -1.06. The molecule has 1 fully saturated rings. The number of aliphatic hydroxyl groups excluding tert-OH is 1. The average Bonchev–Trinajstić information content (AvgIpc) is 2.41. The molecule has 0 unspecified atom stereocenters. The minimum absolute atomic E-state index is 0.0638. The van der Waals surface area contributed by atoms with Crippen LogP contribution in [0.5, 0.6) is 0 Å². The van der Waals surface area contributed by atoms with E-state index in [-0.39, 0.29) is 12.0 Å². The van der Waals surface area contributed by atoms with Gasteiger partial charge in [0.25, 0.3) is 5.91 Å². The normalized spacial score (nSPS) is 23.1. The zero-order valence-electron chi connectivity index (χ0n) is 11.2. The molecule has 2 N–H and O–H groups in total. The Kier molecular flexibility index (Phi) is 4.83. The predicted molar refractivity (Wildman–Crippen MR) is 76.5 cm³/mol. The van der Waals surface area contributed by atoms with Gasteiger partial charge in [-0.1, -0.05) is 17.7 Å². The molecular weight excluding hydrogens is 262 g/mol. The summed E-state index contributed by atoms with van der Waals surface area (Å²) in [7, 11) is 0. The SMILES string of the molecule is Cc1c(Cl)cccc1C(=O)NCC1CCC(O)CC1. The van der Waals surface area contributed by atoms with Crippen LogP contribution < -0.4 is 5.32 Å². The van der Waals surface area contributed by atoms with Crippen LogP contribution >= 0.6 is 11.6 Å². The molecule has 104 valence electrons. The monoisotopic (exact) mass is 281 g/mol. The lowest BCUT2D eigenvalue weighted by Gasteiger charge is -2.25. The average molecular weight is 282 g/mol. The van der Waals surface area contributed by atoms with Crippen molar-refractivity contribution in [2.45, 2.75) is 38.7 Å². The van der Waals surface area contributed by atoms with E-state index in [4.69, 9.17) is 11.6 Å². The Morgan fingerprint density at radius 3 is 2.74 bits per heavy atom. The van der Waals surface area contributed by atoms with Crippen LogP contribution in [-0.2, 0) is 0 Å². The summed E-state index contributed by atoms with van der Waals surface area (Å²) < 4.78 is 0. The van der Waals surface area contributed by atoms with Gasteiger partial charge >= 0.3 is 0 Å². The van der Waals surface area contributed by atoms with Gasteiger partial charge in [0, 0.05) is 17.1 Å². The number of benzene rings is 1. The molecule has 1 aromatic rings. The highest BCUT2D eigenvalue weighted by Crippen LogP contribution is 2.24. The van der Waals surface area contributed by atoms with E-state index >= 15 is 0 Å². The van der Waals surface area contributed by atoms with E-state index in [1.807, 2.05) is 6.92 Å². The highest BCUT2D eigenvalue weighted by Gasteiger charge is 2.20. The summed E-state index contributed by atoms with van der Waals surface area (Å²) >= 11 is 6.02. The molecular formula is C15H20ClNO2. The Morgan fingerprint density at radius 2 is 2.05 bits per heavy atom. The van der Waals surface area contributed by atoms with E-state index in [0.717, 1.165) is 31.2 Å². The quantitative estimate of drug-likeness (QED) is 0.895. The zero-order valence-corrected chi connectivity index (χ0v) is 11.9. The van der Waals surface area contributed by atoms with Crippen molar-refractivity contribution in [1.29, 1.82) is 0 Å². The molecule has 0 spiro atoms. The van der Waals surface area contributed by atoms with E-state index in [0.29, 0.717) is 23.0 Å². The third kappa shape index (κ3) is 3.71. The number of nitrogens with one attached hydrogen (secondary N) is 1. The molecule has 1 saturated carbocycles. The molecule has 2 rings (SSSR count). The highest BCUT2D eigenvalue weighted by atomic mass is 35.5. The van der Waals surface area contributed by atoms with Crippen molar-refractivity contribution in [1.82, 2.24) is 5.32 Å². The minimum atomic E-state index is -0.151. The number of aliphatic hydroxyl groups is 1. The Morgan fingerprint density at radius 1 is 1.37 bits per heavy atom. The maximum absolute atomic E-state index is 12.1. The van der Waals surface area contributed by atoms with Crippen molar-refractivity contribution < 1.29 is 9.90 Å². The van der Waals surface area contributed by atoms with Crippen molar-refractivity contribution in [2.75, 3.05) is 6.54 Å². The molecule has 0 heterocycles. The topological polar surface area (TPSA) is 49.3 Å². The third-order valence-corrected chi connectivity index (χ3v) is 4.29. The van der Waals surface area contributed by atoms with Gasteiger partial charge in [-0.3, -0.25) is 4.79 Å².